The van der Waals surface area contributed by atoms with Crippen LogP contribution in [-0.4, -0.2) is 21.9 Å². The first-order valence-electron chi connectivity index (χ1n) is 4.04. The van der Waals surface area contributed by atoms with E-state index in [0.29, 0.717) is 0 Å². The minimum Gasteiger partial charge on any atom is -0.345 e. The number of aromatic nitrogens is 2. The van der Waals surface area contributed by atoms with E-state index in [2.05, 4.69) is 21.9 Å². The topological polar surface area (TPSA) is 54.9 Å². The molecule has 5 heteroatoms. The fraction of sp³-hybridized carbons (Fsp3) is 0.222. The van der Waals surface area contributed by atoms with E-state index in [-0.39, 0.29) is 22.8 Å². The molecule has 14 heavy (non-hydrogen) atoms. The third kappa shape index (κ3) is 2.81. The molecule has 0 aliphatic rings. The largest absolute Gasteiger partial charge is 0.345 e. The quantitative estimate of drug-likeness (QED) is 0.770. The Kier molecular flexibility index (Phi) is 3.59. The number of hydrogen-bond acceptors (Lipinski definition) is 3. The highest BCUT2D eigenvalue weighted by atomic mass is 35.5. The fourth-order valence-corrected chi connectivity index (χ4v) is 0.867. The molecule has 0 fully saturated rings. The second-order valence-corrected chi connectivity index (χ2v) is 3.11. The molecule has 4 nitrogen and oxygen atoms in total. The minimum absolute atomic E-state index is 0.0972. The first-order chi connectivity index (χ1) is 6.63. The molecular formula is C9H10ClN3O. The van der Waals surface area contributed by atoms with Gasteiger partial charge in [-0.25, -0.2) is 9.97 Å². The van der Waals surface area contributed by atoms with E-state index < -0.39 is 0 Å². The predicted molar refractivity (Wildman–Crippen MR) is 54.2 cm³/mol. The van der Waals surface area contributed by atoms with E-state index in [4.69, 9.17) is 11.6 Å². The van der Waals surface area contributed by atoms with E-state index >= 15 is 0 Å². The van der Waals surface area contributed by atoms with Crippen LogP contribution in [0.2, 0.25) is 5.15 Å². The normalized spacial score (nSPS) is 11.9. The summed E-state index contributed by atoms with van der Waals surface area (Å²) >= 11 is 5.53. The molecule has 74 valence electrons. The number of carbonyl (C=O) groups excluding carboxylic acids is 1. The van der Waals surface area contributed by atoms with E-state index in [1.165, 1.54) is 12.4 Å². The van der Waals surface area contributed by atoms with Gasteiger partial charge >= 0.3 is 0 Å². The summed E-state index contributed by atoms with van der Waals surface area (Å²) in [6, 6.07) is -0.0972. The molecule has 1 unspecified atom stereocenters. The van der Waals surface area contributed by atoms with Gasteiger partial charge in [-0.3, -0.25) is 4.79 Å². The number of nitrogens with one attached hydrogen (secondary N) is 1. The molecule has 0 aromatic carbocycles. The Morgan fingerprint density at radius 2 is 2.36 bits per heavy atom. The van der Waals surface area contributed by atoms with Crippen LogP contribution < -0.4 is 5.32 Å². The summed E-state index contributed by atoms with van der Waals surface area (Å²) in [4.78, 5) is 19.0. The smallest absolute Gasteiger partial charge is 0.271 e. The Morgan fingerprint density at radius 3 is 2.86 bits per heavy atom. The number of halogens is 1. The van der Waals surface area contributed by atoms with Gasteiger partial charge in [-0.2, -0.15) is 0 Å². The summed E-state index contributed by atoms with van der Waals surface area (Å²) in [6.45, 7) is 5.36. The van der Waals surface area contributed by atoms with Gasteiger partial charge in [0.15, 0.2) is 0 Å². The summed E-state index contributed by atoms with van der Waals surface area (Å²) in [7, 11) is 0. The molecule has 1 aromatic rings. The lowest BCUT2D eigenvalue weighted by Gasteiger charge is -2.07. The third-order valence-electron chi connectivity index (χ3n) is 1.57. The molecule has 1 amide bonds. The number of amides is 1. The van der Waals surface area contributed by atoms with Crippen molar-refractivity contribution < 1.29 is 4.79 Å². The van der Waals surface area contributed by atoms with Crippen molar-refractivity contribution >= 4 is 17.5 Å². The zero-order chi connectivity index (χ0) is 10.6. The average molecular weight is 212 g/mol. The van der Waals surface area contributed by atoms with Gasteiger partial charge in [-0.1, -0.05) is 17.7 Å². The maximum atomic E-state index is 11.4. The number of nitrogens with zero attached hydrogens (tertiary/aromatic N) is 2. The van der Waals surface area contributed by atoms with E-state index in [1.807, 2.05) is 6.92 Å². The van der Waals surface area contributed by atoms with Gasteiger partial charge in [0.25, 0.3) is 5.91 Å². The van der Waals surface area contributed by atoms with Crippen LogP contribution in [0.4, 0.5) is 0 Å². The van der Waals surface area contributed by atoms with Crippen LogP contribution in [-0.2, 0) is 0 Å². The number of hydrogen-bond donors (Lipinski definition) is 1. The van der Waals surface area contributed by atoms with Crippen LogP contribution in [0.5, 0.6) is 0 Å². The van der Waals surface area contributed by atoms with Crippen LogP contribution in [0, 0.1) is 0 Å². The molecule has 0 radical (unpaired) electrons. The lowest BCUT2D eigenvalue weighted by molar-refractivity contribution is 0.0941. The molecule has 1 heterocycles. The predicted octanol–water partition coefficient (Wildman–Crippen LogP) is 1.43. The number of rotatable bonds is 3. The molecule has 0 bridgehead atoms. The van der Waals surface area contributed by atoms with Crippen molar-refractivity contribution in [3.8, 4) is 0 Å². The maximum Gasteiger partial charge on any atom is 0.271 e. The SMILES string of the molecule is C=CC(C)NC(=O)c1cnc(Cl)cn1. The maximum absolute atomic E-state index is 11.4. The Balaban J connectivity index is 2.70. The van der Waals surface area contributed by atoms with E-state index in [0.717, 1.165) is 0 Å². The van der Waals surface area contributed by atoms with Crippen molar-refractivity contribution in [2.75, 3.05) is 0 Å². The Labute approximate surface area is 87.0 Å². The highest BCUT2D eigenvalue weighted by molar-refractivity contribution is 6.29. The summed E-state index contributed by atoms with van der Waals surface area (Å²) < 4.78 is 0. The Bertz CT molecular complexity index is 336. The highest BCUT2D eigenvalue weighted by Crippen LogP contribution is 2.01. The summed E-state index contributed by atoms with van der Waals surface area (Å²) in [5.74, 6) is -0.290. The minimum atomic E-state index is -0.290. The summed E-state index contributed by atoms with van der Waals surface area (Å²) in [6.07, 6.45) is 4.28. The van der Waals surface area contributed by atoms with Gasteiger partial charge in [-0.15, -0.1) is 6.58 Å². The first-order valence-corrected chi connectivity index (χ1v) is 4.42. The van der Waals surface area contributed by atoms with Crippen molar-refractivity contribution in [2.45, 2.75) is 13.0 Å². The van der Waals surface area contributed by atoms with Crippen LogP contribution in [0.25, 0.3) is 0 Å². The zero-order valence-corrected chi connectivity index (χ0v) is 8.45. The molecule has 0 aliphatic carbocycles. The van der Waals surface area contributed by atoms with Crippen LogP contribution in [0.1, 0.15) is 17.4 Å². The third-order valence-corrected chi connectivity index (χ3v) is 1.76. The van der Waals surface area contributed by atoms with Crippen LogP contribution >= 0.6 is 11.6 Å². The van der Waals surface area contributed by atoms with Crippen molar-refractivity contribution in [2.24, 2.45) is 0 Å². The van der Waals surface area contributed by atoms with Gasteiger partial charge < -0.3 is 5.32 Å². The molecule has 0 saturated carbocycles. The van der Waals surface area contributed by atoms with E-state index in [9.17, 15) is 4.79 Å². The van der Waals surface area contributed by atoms with Crippen LogP contribution in [0.3, 0.4) is 0 Å². The molecule has 1 atom stereocenters. The average Bonchev–Trinajstić information content (AvgIpc) is 2.18. The van der Waals surface area contributed by atoms with Gasteiger partial charge in [0.05, 0.1) is 12.4 Å². The second kappa shape index (κ2) is 4.72. The molecule has 0 saturated heterocycles. The van der Waals surface area contributed by atoms with Crippen molar-refractivity contribution in [3.63, 3.8) is 0 Å². The van der Waals surface area contributed by atoms with Gasteiger partial charge in [-0.05, 0) is 6.92 Å². The van der Waals surface area contributed by atoms with Gasteiger partial charge in [0, 0.05) is 6.04 Å². The fourth-order valence-electron chi connectivity index (χ4n) is 0.769. The monoisotopic (exact) mass is 211 g/mol. The molecule has 0 aliphatic heterocycles. The summed E-state index contributed by atoms with van der Waals surface area (Å²) in [5.41, 5.74) is 0.239. The molecule has 1 rings (SSSR count). The second-order valence-electron chi connectivity index (χ2n) is 2.72. The Morgan fingerprint density at radius 1 is 1.64 bits per heavy atom. The van der Waals surface area contributed by atoms with Crippen LogP contribution in [0.15, 0.2) is 25.0 Å². The van der Waals surface area contributed by atoms with E-state index in [1.54, 1.807) is 6.08 Å². The van der Waals surface area contributed by atoms with Crippen molar-refractivity contribution in [1.29, 1.82) is 0 Å². The molecule has 0 spiro atoms. The standard InChI is InChI=1S/C9H10ClN3O/c1-3-6(2)13-9(14)7-4-12-8(10)5-11-7/h3-6H,1H2,2H3,(H,13,14). The molecule has 1 aromatic heterocycles. The summed E-state index contributed by atoms with van der Waals surface area (Å²) in [5, 5.41) is 2.93. The highest BCUT2D eigenvalue weighted by Gasteiger charge is 2.08. The zero-order valence-electron chi connectivity index (χ0n) is 7.70. The van der Waals surface area contributed by atoms with Crippen molar-refractivity contribution in [1.82, 2.24) is 15.3 Å². The Hall–Kier alpha value is -1.42. The number of carbonyl (C=O) groups is 1. The lowest BCUT2D eigenvalue weighted by atomic mass is 10.3. The lowest BCUT2D eigenvalue weighted by Crippen LogP contribution is -2.31. The molecular weight excluding hydrogens is 202 g/mol. The first kappa shape index (κ1) is 10.7. The molecule has 1 N–H and O–H groups in total. The van der Waals surface area contributed by atoms with Gasteiger partial charge in [0.2, 0.25) is 0 Å². The van der Waals surface area contributed by atoms with Gasteiger partial charge in [0.1, 0.15) is 10.8 Å². The van der Waals surface area contributed by atoms with Crippen molar-refractivity contribution in [3.05, 3.63) is 35.9 Å².